The van der Waals surface area contributed by atoms with E-state index in [4.69, 9.17) is 4.74 Å². The van der Waals surface area contributed by atoms with E-state index in [2.05, 4.69) is 27.6 Å². The van der Waals surface area contributed by atoms with Gasteiger partial charge >= 0.3 is 0 Å². The van der Waals surface area contributed by atoms with Crippen LogP contribution in [0.2, 0.25) is 0 Å². The fourth-order valence-corrected chi connectivity index (χ4v) is 2.74. The van der Waals surface area contributed by atoms with E-state index in [0.717, 1.165) is 31.0 Å². The van der Waals surface area contributed by atoms with Crippen molar-refractivity contribution >= 4 is 0 Å². The van der Waals surface area contributed by atoms with E-state index in [9.17, 15) is 0 Å². The number of methoxy groups -OCH3 is 1. The summed E-state index contributed by atoms with van der Waals surface area (Å²) in [6.07, 6.45) is 4.03. The van der Waals surface area contributed by atoms with Crippen LogP contribution in [0.15, 0.2) is 30.6 Å². The minimum absolute atomic E-state index is 0.557. The monoisotopic (exact) mass is 272 g/mol. The fraction of sp³-hybridized carbons (Fsp3) is 0.467. The summed E-state index contributed by atoms with van der Waals surface area (Å²) in [7, 11) is 3.71. The normalized spacial score (nSPS) is 21.5. The number of nitrogens with one attached hydrogen (secondary N) is 1. The van der Waals surface area contributed by atoms with E-state index in [0.29, 0.717) is 12.0 Å². The van der Waals surface area contributed by atoms with Crippen molar-refractivity contribution in [2.24, 2.45) is 7.05 Å². The van der Waals surface area contributed by atoms with Crippen LogP contribution in [0.1, 0.15) is 30.1 Å². The van der Waals surface area contributed by atoms with Crippen molar-refractivity contribution in [3.8, 4) is 5.75 Å². The van der Waals surface area contributed by atoms with Gasteiger partial charge in [0.15, 0.2) is 0 Å². The molecule has 0 amide bonds. The lowest BCUT2D eigenvalue weighted by atomic mass is 9.75. The molecule has 0 radical (unpaired) electrons. The predicted octanol–water partition coefficient (Wildman–Crippen LogP) is 1.86. The Kier molecular flexibility index (Phi) is 3.69. The Balaban J connectivity index is 1.53. The molecule has 1 aliphatic carbocycles. The molecule has 0 unspecified atom stereocenters. The van der Waals surface area contributed by atoms with Crippen LogP contribution in [-0.2, 0) is 13.6 Å². The van der Waals surface area contributed by atoms with Crippen molar-refractivity contribution < 1.29 is 4.74 Å². The van der Waals surface area contributed by atoms with Crippen molar-refractivity contribution in [1.82, 2.24) is 20.1 Å². The van der Waals surface area contributed by atoms with Crippen LogP contribution in [-0.4, -0.2) is 27.9 Å². The summed E-state index contributed by atoms with van der Waals surface area (Å²) >= 11 is 0. The molecule has 1 aromatic carbocycles. The Labute approximate surface area is 119 Å². The molecular weight excluding hydrogens is 252 g/mol. The first-order valence-corrected chi connectivity index (χ1v) is 6.97. The van der Waals surface area contributed by atoms with Crippen LogP contribution < -0.4 is 10.1 Å². The smallest absolute Gasteiger partial charge is 0.146 e. The SMILES string of the molecule is COc1ccccc1C1CC(NCc2nncn2C)C1. The van der Waals surface area contributed by atoms with Gasteiger partial charge in [-0.3, -0.25) is 0 Å². The number of hydrogen-bond donors (Lipinski definition) is 1. The second-order valence-corrected chi connectivity index (χ2v) is 5.35. The predicted molar refractivity (Wildman–Crippen MR) is 76.6 cm³/mol. The molecule has 1 heterocycles. The molecule has 106 valence electrons. The zero-order valence-corrected chi connectivity index (χ0v) is 11.9. The number of hydrogen-bond acceptors (Lipinski definition) is 4. The third-order valence-electron chi connectivity index (χ3n) is 4.07. The lowest BCUT2D eigenvalue weighted by molar-refractivity contribution is 0.279. The largest absolute Gasteiger partial charge is 0.496 e. The summed E-state index contributed by atoms with van der Waals surface area (Å²) in [6, 6.07) is 8.86. The maximum atomic E-state index is 5.43. The minimum atomic E-state index is 0.557. The van der Waals surface area contributed by atoms with E-state index < -0.39 is 0 Å². The highest BCUT2D eigenvalue weighted by molar-refractivity contribution is 5.37. The molecule has 1 N–H and O–H groups in total. The maximum absolute atomic E-state index is 5.43. The van der Waals surface area contributed by atoms with Gasteiger partial charge in [-0.25, -0.2) is 0 Å². The zero-order chi connectivity index (χ0) is 13.9. The molecule has 3 rings (SSSR count). The van der Waals surface area contributed by atoms with E-state index in [1.807, 2.05) is 23.7 Å². The Morgan fingerprint density at radius 1 is 1.35 bits per heavy atom. The molecule has 0 atom stereocenters. The zero-order valence-electron chi connectivity index (χ0n) is 11.9. The quantitative estimate of drug-likeness (QED) is 0.902. The molecule has 0 bridgehead atoms. The summed E-state index contributed by atoms with van der Waals surface area (Å²) in [5.74, 6) is 2.58. The minimum Gasteiger partial charge on any atom is -0.496 e. The van der Waals surface area contributed by atoms with Crippen molar-refractivity contribution in [3.63, 3.8) is 0 Å². The molecule has 0 spiro atoms. The van der Waals surface area contributed by atoms with Crippen molar-refractivity contribution in [2.45, 2.75) is 31.3 Å². The van der Waals surface area contributed by atoms with Gasteiger partial charge in [0.25, 0.3) is 0 Å². The number of nitrogens with zero attached hydrogens (tertiary/aromatic N) is 3. The summed E-state index contributed by atoms with van der Waals surface area (Å²) in [5.41, 5.74) is 1.33. The topological polar surface area (TPSA) is 52.0 Å². The Hall–Kier alpha value is -1.88. The van der Waals surface area contributed by atoms with Crippen LogP contribution in [0.3, 0.4) is 0 Å². The number of ether oxygens (including phenoxy) is 1. The molecule has 1 aromatic heterocycles. The van der Waals surface area contributed by atoms with E-state index >= 15 is 0 Å². The molecule has 0 saturated heterocycles. The summed E-state index contributed by atoms with van der Waals surface area (Å²) in [5, 5.41) is 11.5. The second-order valence-electron chi connectivity index (χ2n) is 5.35. The molecule has 5 heteroatoms. The van der Waals surface area contributed by atoms with Crippen LogP contribution in [0.4, 0.5) is 0 Å². The molecular formula is C15H20N4O. The van der Waals surface area contributed by atoms with Gasteiger partial charge in [0, 0.05) is 13.1 Å². The van der Waals surface area contributed by atoms with Crippen molar-refractivity contribution in [3.05, 3.63) is 42.0 Å². The number of benzene rings is 1. The van der Waals surface area contributed by atoms with Crippen LogP contribution >= 0.6 is 0 Å². The van der Waals surface area contributed by atoms with Crippen LogP contribution in [0.5, 0.6) is 5.75 Å². The standard InChI is InChI=1S/C15H20N4O/c1-19-10-17-18-15(19)9-16-12-7-11(8-12)13-5-3-4-6-14(13)20-2/h3-6,10-12,16H,7-9H2,1-2H3. The highest BCUT2D eigenvalue weighted by Crippen LogP contribution is 2.40. The first kappa shape index (κ1) is 13.1. The first-order valence-electron chi connectivity index (χ1n) is 6.97. The average molecular weight is 272 g/mol. The highest BCUT2D eigenvalue weighted by Gasteiger charge is 2.31. The number of rotatable bonds is 5. The summed E-state index contributed by atoms with van der Waals surface area (Å²) in [4.78, 5) is 0. The number of aromatic nitrogens is 3. The first-order chi connectivity index (χ1) is 9.78. The number of aryl methyl sites for hydroxylation is 1. The number of para-hydroxylation sites is 1. The third-order valence-corrected chi connectivity index (χ3v) is 4.07. The van der Waals surface area contributed by atoms with E-state index in [1.165, 1.54) is 5.56 Å². The third kappa shape index (κ3) is 2.54. The average Bonchev–Trinajstić information content (AvgIpc) is 2.83. The lowest BCUT2D eigenvalue weighted by Gasteiger charge is -2.36. The van der Waals surface area contributed by atoms with Gasteiger partial charge in [0.2, 0.25) is 0 Å². The second kappa shape index (κ2) is 5.63. The molecule has 2 aromatic rings. The molecule has 0 aliphatic heterocycles. The van der Waals surface area contributed by atoms with Gasteiger partial charge in [0.05, 0.1) is 13.7 Å². The van der Waals surface area contributed by atoms with Crippen molar-refractivity contribution in [1.29, 1.82) is 0 Å². The Morgan fingerprint density at radius 3 is 2.85 bits per heavy atom. The van der Waals surface area contributed by atoms with Gasteiger partial charge in [-0.05, 0) is 30.4 Å². The molecule has 1 fully saturated rings. The van der Waals surface area contributed by atoms with E-state index in [1.54, 1.807) is 13.4 Å². The maximum Gasteiger partial charge on any atom is 0.146 e. The van der Waals surface area contributed by atoms with Crippen LogP contribution in [0.25, 0.3) is 0 Å². The van der Waals surface area contributed by atoms with Gasteiger partial charge in [-0.15, -0.1) is 10.2 Å². The lowest BCUT2D eigenvalue weighted by Crippen LogP contribution is -2.40. The summed E-state index contributed by atoms with van der Waals surface area (Å²) < 4.78 is 7.38. The van der Waals surface area contributed by atoms with Gasteiger partial charge in [-0.1, -0.05) is 18.2 Å². The Bertz CT molecular complexity index is 575. The van der Waals surface area contributed by atoms with Crippen LogP contribution in [0, 0.1) is 0 Å². The summed E-state index contributed by atoms with van der Waals surface area (Å²) in [6.45, 7) is 0.778. The van der Waals surface area contributed by atoms with Gasteiger partial charge < -0.3 is 14.6 Å². The highest BCUT2D eigenvalue weighted by atomic mass is 16.5. The van der Waals surface area contributed by atoms with Gasteiger partial charge in [0.1, 0.15) is 17.9 Å². The molecule has 1 saturated carbocycles. The van der Waals surface area contributed by atoms with Crippen molar-refractivity contribution in [2.75, 3.05) is 7.11 Å². The molecule has 1 aliphatic rings. The van der Waals surface area contributed by atoms with Gasteiger partial charge in [-0.2, -0.15) is 0 Å². The molecule has 5 nitrogen and oxygen atoms in total. The fourth-order valence-electron chi connectivity index (χ4n) is 2.74. The Morgan fingerprint density at radius 2 is 2.15 bits per heavy atom. The molecule has 20 heavy (non-hydrogen) atoms. The van der Waals surface area contributed by atoms with E-state index in [-0.39, 0.29) is 0 Å².